The Morgan fingerprint density at radius 3 is 1.70 bits per heavy atom. The van der Waals surface area contributed by atoms with E-state index in [1.165, 1.54) is 42.5 Å². The van der Waals surface area contributed by atoms with E-state index in [0.717, 1.165) is 33.6 Å². The maximum Gasteiger partial charge on any atom is 0.328 e. The summed E-state index contributed by atoms with van der Waals surface area (Å²) in [7, 11) is 13.9. The van der Waals surface area contributed by atoms with E-state index in [2.05, 4.69) is 43.9 Å². The first kappa shape index (κ1) is 117. The van der Waals surface area contributed by atoms with E-state index < -0.39 is 125 Å². The first-order chi connectivity index (χ1) is 65.2. The van der Waals surface area contributed by atoms with Crippen molar-refractivity contribution in [1.82, 2.24) is 25.8 Å². The zero-order valence-electron chi connectivity index (χ0n) is 82.1. The number of ether oxygens (including phenoxy) is 14. The van der Waals surface area contributed by atoms with Crippen LogP contribution in [0.2, 0.25) is 0 Å². The van der Waals surface area contributed by atoms with Crippen molar-refractivity contribution in [2.24, 2.45) is 11.3 Å². The number of likely N-dealkylation sites (N-methyl/N-ethyl adjacent to an activating group) is 1. The van der Waals surface area contributed by atoms with Crippen molar-refractivity contribution < 1.29 is 155 Å². The van der Waals surface area contributed by atoms with Gasteiger partial charge >= 0.3 is 35.8 Å². The fraction of sp³-hybridized carbons (Fsp3) is 0.740. The van der Waals surface area contributed by atoms with E-state index in [1.807, 2.05) is 90.1 Å². The third-order valence-electron chi connectivity index (χ3n) is 26.5. The number of carboxylic acids is 1. The highest BCUT2D eigenvalue weighted by Gasteiger charge is 2.79. The zero-order valence-corrected chi connectivity index (χ0v) is 83.7. The Hall–Kier alpha value is -7.27. The number of carboxylic acid groups (broad SMARTS) is 1. The molecule has 38 nitrogen and oxygen atoms in total. The van der Waals surface area contributed by atoms with Crippen LogP contribution in [0.4, 0.5) is 5.69 Å². The number of aliphatic carboxylic acids is 1. The predicted octanol–water partition coefficient (Wildman–Crippen LogP) is 5.47. The van der Waals surface area contributed by atoms with E-state index in [9.17, 15) is 54.0 Å². The van der Waals surface area contributed by atoms with E-state index in [1.54, 1.807) is 28.7 Å². The Balaban J connectivity index is 0.000000424. The van der Waals surface area contributed by atoms with Crippen LogP contribution in [0.5, 0.6) is 5.75 Å². The molecular weight excluding hydrogens is 1810 g/mol. The summed E-state index contributed by atoms with van der Waals surface area (Å²) >= 11 is 0. The standard InChI is InChI=1S/C62H87N5O15.C15H29NO6S2.C12H22O7.C7H16O4/c1-9-41(82-51(35-68)78-7)36-81-50(70)20-14-19-49(69)64-38(4)52(71)80-28-16-24-63-56(73)62(76)54-60(23-27-67-25-15-22-59(11-3,53(60)67)55(62)72)45-30-46(48(77-6)31-47(45)65(54)5)61(57(74)79-8)33-39-32-58(75,10-2)37-66(34-39)26-21-43-42-18-13-12-17-40(42)29-44(43)61;1-4-12(10-17)22-15(20-2)11-21-14(19)7-5-6-13(18)16-8-9-24-23-3;1-3-9(7-13)19-12(17-2)8-18-11(16)6-4-5-10(14)15;1-3-6(4-8)11-7(5-9)10-2/h12-13,15,17-18,22,30-31,38-39,41,51,53-55,68,72,75-76H,9-11,14,16,19-21,23-29,32-37H2,1-8H3,(H,63,73)(H,64,69);12,15,17H,4-11H2,1-3H3,(H,16,18);9,12-13H,3-8H2,1-2H3,(H,14,15);6-9H,3-5H2,1-2H3/t38-,39-,41?,51?,53?,54?,55-,58?,59-,60?,61-,62+;;;/m1.../s1. The summed E-state index contributed by atoms with van der Waals surface area (Å²) in [6.07, 6.45) is 7.44. The topological polar surface area (TPSA) is 511 Å². The molecule has 2 aliphatic carbocycles. The van der Waals surface area contributed by atoms with Crippen molar-refractivity contribution in [1.29, 1.82) is 0 Å². The number of anilines is 1. The smallest absolute Gasteiger partial charge is 0.328 e. The summed E-state index contributed by atoms with van der Waals surface area (Å²) in [6, 6.07) is 10.0. The third kappa shape index (κ3) is 31.1. The minimum atomic E-state index is -2.41. The molecule has 7 aliphatic rings. The number of aliphatic hydroxyl groups excluding tert-OH is 6. The summed E-state index contributed by atoms with van der Waals surface area (Å²) in [4.78, 5) is 120. The fourth-order valence-electron chi connectivity index (χ4n) is 19.4. The second kappa shape index (κ2) is 58.8. The molecule has 5 aliphatic heterocycles. The first-order valence-electron chi connectivity index (χ1n) is 47.4. The van der Waals surface area contributed by atoms with Gasteiger partial charge in [0, 0.05) is 153 Å². The molecule has 2 aromatic rings. The van der Waals surface area contributed by atoms with Gasteiger partial charge in [-0.3, -0.25) is 48.2 Å². The van der Waals surface area contributed by atoms with Gasteiger partial charge in [-0.2, -0.15) is 0 Å². The number of carbonyl (C=O) groups excluding carboxylic acids is 8. The average Bonchev–Trinajstić information content (AvgIpc) is 1.48. The Labute approximate surface area is 808 Å². The van der Waals surface area contributed by atoms with Gasteiger partial charge < -0.3 is 133 Å². The summed E-state index contributed by atoms with van der Waals surface area (Å²) in [6.45, 7) is 15.6. The van der Waals surface area contributed by atoms with Crippen LogP contribution in [0.1, 0.15) is 199 Å². The molecule has 1 saturated carbocycles. The maximum atomic E-state index is 15.6. The SMILES string of the molecule is CCC(CO)OC(CO)OC.CCC(CO)OC(COC(=O)CCCC(=O)NCCSSC)OC.CCC(CO)OC(COC(=O)CCCC(=O)O)OC.CCC(COC(=O)CCCC(=O)N[C@H](C)C(=O)OCCCNC(=O)[C@]1(O)C2N(C)c3cc(OC)c([C@@]4(C(=O)OC)C[C@@H]5CN(CCC6=C4Cc4ccccc46)CC(O)(CC)C5)cc3C23CCN2CC=C[C@](CC)(C23)[C@H]1O)OC(CO)OC. The van der Waals surface area contributed by atoms with E-state index in [4.69, 9.17) is 91.8 Å². The minimum absolute atomic E-state index is 0.0242. The molecule has 3 amide bonds. The number of benzene rings is 2. The van der Waals surface area contributed by atoms with Gasteiger partial charge in [-0.1, -0.05) is 99.5 Å². The van der Waals surface area contributed by atoms with Crippen LogP contribution in [-0.2, 0) is 122 Å². The number of fused-ring (bicyclic) bond motifs is 5. The molecule has 40 heteroatoms. The molecule has 136 heavy (non-hydrogen) atoms. The van der Waals surface area contributed by atoms with Crippen molar-refractivity contribution in [3.63, 3.8) is 0 Å². The molecule has 772 valence electrons. The highest BCUT2D eigenvalue weighted by molar-refractivity contribution is 8.76. The van der Waals surface area contributed by atoms with Crippen LogP contribution < -0.4 is 25.6 Å². The molecule has 5 heterocycles. The van der Waals surface area contributed by atoms with E-state index in [-0.39, 0.29) is 154 Å². The Kier molecular flexibility index (Phi) is 50.8. The van der Waals surface area contributed by atoms with Crippen molar-refractivity contribution in [2.75, 3.05) is 172 Å². The summed E-state index contributed by atoms with van der Waals surface area (Å²) in [5, 5.41) is 100. The third-order valence-corrected chi connectivity index (χ3v) is 28.3. The second-order valence-corrected chi connectivity index (χ2v) is 37.7. The molecule has 2 bridgehead atoms. The van der Waals surface area contributed by atoms with Gasteiger partial charge in [0.1, 0.15) is 43.1 Å². The van der Waals surface area contributed by atoms with Gasteiger partial charge in [-0.05, 0) is 156 Å². The lowest BCUT2D eigenvalue weighted by Gasteiger charge is -2.63. The highest BCUT2D eigenvalue weighted by atomic mass is 33.1. The van der Waals surface area contributed by atoms with Crippen molar-refractivity contribution in [3.05, 3.63) is 76.4 Å². The number of nitrogens with zero attached hydrogens (tertiary/aromatic N) is 3. The van der Waals surface area contributed by atoms with Gasteiger partial charge in [-0.25, -0.2) is 4.79 Å². The Morgan fingerprint density at radius 2 is 1.17 bits per heavy atom. The number of esters is 5. The van der Waals surface area contributed by atoms with Crippen LogP contribution >= 0.6 is 21.6 Å². The molecular formula is C96H154N6O32S2. The Bertz CT molecular complexity index is 4110. The van der Waals surface area contributed by atoms with Gasteiger partial charge in [-0.15, -0.1) is 0 Å². The zero-order chi connectivity index (χ0) is 101. The lowest BCUT2D eigenvalue weighted by atomic mass is 9.47. The highest BCUT2D eigenvalue weighted by Crippen LogP contribution is 2.68. The van der Waals surface area contributed by atoms with Crippen molar-refractivity contribution >= 4 is 86.4 Å². The van der Waals surface area contributed by atoms with Crippen LogP contribution in [-0.4, -0.2) is 361 Å². The molecule has 9 rings (SSSR count). The number of methoxy groups -OCH3 is 6. The first-order valence-corrected chi connectivity index (χ1v) is 50.1. The average molecular weight is 1970 g/mol. The van der Waals surface area contributed by atoms with Crippen LogP contribution in [0.25, 0.3) is 5.57 Å². The maximum absolute atomic E-state index is 15.6. The number of aliphatic hydroxyl groups is 8. The minimum Gasteiger partial charge on any atom is -0.496 e. The predicted molar refractivity (Wildman–Crippen MR) is 506 cm³/mol. The summed E-state index contributed by atoms with van der Waals surface area (Å²) < 4.78 is 74.5. The fourth-order valence-corrected chi connectivity index (χ4v) is 20.5. The van der Waals surface area contributed by atoms with Gasteiger partial charge in [0.05, 0.1) is 89.9 Å². The van der Waals surface area contributed by atoms with Crippen LogP contribution in [0, 0.1) is 11.3 Å². The number of hydrogen-bond acceptors (Lipinski definition) is 36. The van der Waals surface area contributed by atoms with Gasteiger partial charge in [0.25, 0.3) is 5.91 Å². The summed E-state index contributed by atoms with van der Waals surface area (Å²) in [5.41, 5.74) is -0.324. The quantitative estimate of drug-likeness (QED) is 0.00975. The number of carbonyl (C=O) groups is 9. The van der Waals surface area contributed by atoms with Gasteiger partial charge in [0.2, 0.25) is 11.8 Å². The molecule has 0 aromatic heterocycles. The molecule has 1 spiro atoms. The molecule has 13 unspecified atom stereocenters. The number of amides is 3. The lowest BCUT2D eigenvalue weighted by molar-refractivity contribution is -0.203. The normalized spacial score (nSPS) is 24.7. The van der Waals surface area contributed by atoms with E-state index in [0.29, 0.717) is 140 Å². The largest absolute Gasteiger partial charge is 0.496 e. The number of nitrogens with one attached hydrogen (secondary N) is 3. The van der Waals surface area contributed by atoms with E-state index >= 15 is 9.59 Å². The second-order valence-electron chi connectivity index (χ2n) is 35.0. The van der Waals surface area contributed by atoms with Crippen LogP contribution in [0.15, 0.2) is 54.1 Å². The molecule has 3 fully saturated rings. The molecule has 2 saturated heterocycles. The van der Waals surface area contributed by atoms with Crippen LogP contribution in [0.3, 0.4) is 0 Å². The van der Waals surface area contributed by atoms with Crippen molar-refractivity contribution in [2.45, 2.75) is 279 Å². The molecule has 19 atom stereocenters. The number of rotatable bonds is 55. The molecule has 12 N–H and O–H groups in total. The molecule has 0 radical (unpaired) electrons. The van der Waals surface area contributed by atoms with Crippen molar-refractivity contribution in [3.8, 4) is 5.75 Å². The number of piperidine rings is 1. The number of hydrogen-bond donors (Lipinski definition) is 12. The monoisotopic (exact) mass is 1970 g/mol. The summed E-state index contributed by atoms with van der Waals surface area (Å²) in [5.74, 6) is -3.58. The Morgan fingerprint density at radius 1 is 0.610 bits per heavy atom. The lowest BCUT2D eigenvalue weighted by Crippen LogP contribution is -2.81. The molecule has 2 aromatic carbocycles. The van der Waals surface area contributed by atoms with Gasteiger partial charge in [0.15, 0.2) is 30.8 Å².